The zero-order valence-corrected chi connectivity index (χ0v) is 12.1. The minimum Gasteiger partial charge on any atom is -0.302 e. The fourth-order valence-electron chi connectivity index (χ4n) is 1.87. The summed E-state index contributed by atoms with van der Waals surface area (Å²) in [7, 11) is 0. The lowest BCUT2D eigenvalue weighted by molar-refractivity contribution is 0.751. The lowest BCUT2D eigenvalue weighted by atomic mass is 10.3. The molecule has 0 unspecified atom stereocenters. The van der Waals surface area contributed by atoms with Crippen molar-refractivity contribution in [3.05, 3.63) is 45.7 Å². The summed E-state index contributed by atoms with van der Waals surface area (Å²) in [6.07, 6.45) is 3.54. The van der Waals surface area contributed by atoms with Gasteiger partial charge in [-0.15, -0.1) is 0 Å². The third kappa shape index (κ3) is 2.30. The van der Waals surface area contributed by atoms with Crippen molar-refractivity contribution in [3.63, 3.8) is 0 Å². The molecule has 20 heavy (non-hydrogen) atoms. The number of nitrogens with one attached hydrogen (secondary N) is 1. The molecule has 1 N–H and O–H groups in total. The van der Waals surface area contributed by atoms with Gasteiger partial charge in [0.15, 0.2) is 16.0 Å². The van der Waals surface area contributed by atoms with Crippen molar-refractivity contribution in [1.29, 1.82) is 0 Å². The summed E-state index contributed by atoms with van der Waals surface area (Å²) in [5.41, 5.74) is 1.44. The van der Waals surface area contributed by atoms with Crippen molar-refractivity contribution in [2.45, 2.75) is 11.7 Å². The number of halogens is 1. The van der Waals surface area contributed by atoms with E-state index in [1.165, 1.54) is 16.3 Å². The first-order chi connectivity index (χ1) is 9.69. The third-order valence-corrected chi connectivity index (χ3v) is 3.61. The summed E-state index contributed by atoms with van der Waals surface area (Å²) in [5, 5.41) is 0.771. The molecule has 0 bridgehead atoms. The Labute approximate surface area is 123 Å². The Morgan fingerprint density at radius 1 is 1.40 bits per heavy atom. The minimum atomic E-state index is -0.278. The molecule has 0 amide bonds. The highest BCUT2D eigenvalue weighted by atomic mass is 35.5. The number of fused-ring (bicyclic) bond motifs is 1. The zero-order chi connectivity index (χ0) is 14.1. The van der Waals surface area contributed by atoms with Crippen LogP contribution in [0.2, 0.25) is 5.15 Å². The minimum absolute atomic E-state index is 0.247. The molecule has 0 fully saturated rings. The summed E-state index contributed by atoms with van der Waals surface area (Å²) in [4.78, 5) is 27.4. The first kappa shape index (κ1) is 13.1. The van der Waals surface area contributed by atoms with Gasteiger partial charge in [-0.25, -0.2) is 14.8 Å². The van der Waals surface area contributed by atoms with Gasteiger partial charge in [-0.2, -0.15) is 0 Å². The molecule has 3 heterocycles. The normalized spacial score (nSPS) is 11.1. The molecule has 6 nitrogen and oxygen atoms in total. The number of rotatable bonds is 3. The Bertz CT molecular complexity index is 814. The summed E-state index contributed by atoms with van der Waals surface area (Å²) < 4.78 is 1.50. The van der Waals surface area contributed by atoms with Crippen LogP contribution in [0.5, 0.6) is 0 Å². The maximum absolute atomic E-state index is 12.0. The first-order valence-corrected chi connectivity index (χ1v) is 7.39. The van der Waals surface area contributed by atoms with Crippen molar-refractivity contribution in [2.75, 3.05) is 6.26 Å². The van der Waals surface area contributed by atoms with Crippen LogP contribution >= 0.6 is 23.4 Å². The molecule has 3 rings (SSSR count). The summed E-state index contributed by atoms with van der Waals surface area (Å²) >= 11 is 7.44. The Morgan fingerprint density at radius 2 is 2.25 bits per heavy atom. The van der Waals surface area contributed by atoms with E-state index < -0.39 is 0 Å². The number of aromatic amines is 1. The highest BCUT2D eigenvalue weighted by Gasteiger charge is 2.14. The second kappa shape index (κ2) is 5.26. The van der Waals surface area contributed by atoms with Gasteiger partial charge < -0.3 is 4.98 Å². The van der Waals surface area contributed by atoms with Crippen LogP contribution in [0.25, 0.3) is 11.2 Å². The molecule has 3 aromatic rings. The number of imidazole rings is 1. The third-order valence-electron chi connectivity index (χ3n) is 2.79. The monoisotopic (exact) mass is 307 g/mol. The molecule has 0 aliphatic rings. The topological polar surface area (TPSA) is 76.5 Å². The average Bonchev–Trinajstić information content (AvgIpc) is 2.77. The fraction of sp³-hybridized carbons (Fsp3) is 0.167. The molecule has 0 aliphatic carbocycles. The maximum atomic E-state index is 12.0. The van der Waals surface area contributed by atoms with Gasteiger partial charge in [0.25, 0.3) is 0 Å². The van der Waals surface area contributed by atoms with Gasteiger partial charge >= 0.3 is 5.69 Å². The van der Waals surface area contributed by atoms with Crippen LogP contribution in [0, 0.1) is 0 Å². The van der Waals surface area contributed by atoms with E-state index in [-0.39, 0.29) is 10.8 Å². The largest absolute Gasteiger partial charge is 0.328 e. The zero-order valence-electron chi connectivity index (χ0n) is 10.5. The van der Waals surface area contributed by atoms with Gasteiger partial charge in [-0.3, -0.25) is 9.55 Å². The van der Waals surface area contributed by atoms with Crippen LogP contribution in [0.15, 0.2) is 34.3 Å². The highest BCUT2D eigenvalue weighted by molar-refractivity contribution is 7.98. The van der Waals surface area contributed by atoms with Crippen molar-refractivity contribution in [2.24, 2.45) is 0 Å². The second-order valence-electron chi connectivity index (χ2n) is 4.04. The van der Waals surface area contributed by atoms with Gasteiger partial charge in [-0.05, 0) is 18.4 Å². The van der Waals surface area contributed by atoms with Crippen molar-refractivity contribution >= 4 is 34.5 Å². The fourth-order valence-corrected chi connectivity index (χ4v) is 2.49. The Kier molecular flexibility index (Phi) is 3.45. The lowest BCUT2D eigenvalue weighted by Gasteiger charge is -2.03. The van der Waals surface area contributed by atoms with E-state index in [0.29, 0.717) is 22.9 Å². The number of hydrogen-bond acceptors (Lipinski definition) is 5. The van der Waals surface area contributed by atoms with Crippen LogP contribution in [-0.2, 0) is 6.54 Å². The molecular weight excluding hydrogens is 298 g/mol. The average molecular weight is 308 g/mol. The molecular formula is C12H10ClN5OS. The summed E-state index contributed by atoms with van der Waals surface area (Å²) in [6, 6.07) is 5.55. The predicted molar refractivity (Wildman–Crippen MR) is 78.3 cm³/mol. The SMILES string of the molecule is CSc1nc(Cl)c2[nH]c(=O)n(Cc3ccccn3)c2n1. The van der Waals surface area contributed by atoms with Gasteiger partial charge in [0.1, 0.15) is 5.52 Å². The van der Waals surface area contributed by atoms with Crippen LogP contribution in [-0.4, -0.2) is 30.8 Å². The Balaban J connectivity index is 2.17. The number of hydrogen-bond donors (Lipinski definition) is 1. The highest BCUT2D eigenvalue weighted by Crippen LogP contribution is 2.21. The summed E-state index contributed by atoms with van der Waals surface area (Å²) in [5.74, 6) is 0. The molecule has 3 aromatic heterocycles. The number of pyridine rings is 1. The van der Waals surface area contributed by atoms with Gasteiger partial charge in [-0.1, -0.05) is 29.4 Å². The standard InChI is InChI=1S/C12H10ClN5OS/c1-20-11-16-9(13)8-10(17-11)18(12(19)15-8)6-7-4-2-3-5-14-7/h2-5H,6H2,1H3,(H,15,19). The summed E-state index contributed by atoms with van der Waals surface area (Å²) in [6.45, 7) is 0.334. The second-order valence-corrected chi connectivity index (χ2v) is 5.17. The van der Waals surface area contributed by atoms with E-state index in [9.17, 15) is 4.79 Å². The lowest BCUT2D eigenvalue weighted by Crippen LogP contribution is -2.18. The van der Waals surface area contributed by atoms with Gasteiger partial charge in [0.2, 0.25) is 0 Å². The Morgan fingerprint density at radius 3 is 2.95 bits per heavy atom. The molecule has 0 aromatic carbocycles. The molecule has 102 valence electrons. The van der Waals surface area contributed by atoms with E-state index >= 15 is 0 Å². The van der Waals surface area contributed by atoms with Gasteiger partial charge in [0, 0.05) is 6.20 Å². The number of aromatic nitrogens is 5. The van der Waals surface area contributed by atoms with Crippen molar-refractivity contribution in [1.82, 2.24) is 24.5 Å². The first-order valence-electron chi connectivity index (χ1n) is 5.79. The molecule has 0 saturated carbocycles. The molecule has 0 spiro atoms. The predicted octanol–water partition coefficient (Wildman–Crippen LogP) is 1.94. The van der Waals surface area contributed by atoms with Crippen molar-refractivity contribution in [3.8, 4) is 0 Å². The van der Waals surface area contributed by atoms with Gasteiger partial charge in [0.05, 0.1) is 12.2 Å². The van der Waals surface area contributed by atoms with Crippen LogP contribution in [0.4, 0.5) is 0 Å². The smallest absolute Gasteiger partial charge is 0.302 e. The number of thioether (sulfide) groups is 1. The number of nitrogens with zero attached hydrogens (tertiary/aromatic N) is 4. The van der Waals surface area contributed by atoms with E-state index in [2.05, 4.69) is 19.9 Å². The van der Waals surface area contributed by atoms with E-state index in [1.54, 1.807) is 6.20 Å². The van der Waals surface area contributed by atoms with Crippen LogP contribution in [0.3, 0.4) is 0 Å². The number of H-pyrrole nitrogens is 1. The maximum Gasteiger partial charge on any atom is 0.328 e. The molecule has 0 saturated heterocycles. The quantitative estimate of drug-likeness (QED) is 0.454. The van der Waals surface area contributed by atoms with E-state index in [0.717, 1.165) is 5.69 Å². The molecule has 0 radical (unpaired) electrons. The Hall–Kier alpha value is -1.86. The molecule has 0 aliphatic heterocycles. The van der Waals surface area contributed by atoms with Crippen molar-refractivity contribution < 1.29 is 0 Å². The molecule has 0 atom stereocenters. The van der Waals surface area contributed by atoms with E-state index in [1.807, 2.05) is 24.5 Å². The molecule has 8 heteroatoms. The van der Waals surface area contributed by atoms with Crippen LogP contribution in [0.1, 0.15) is 5.69 Å². The van der Waals surface area contributed by atoms with Crippen LogP contribution < -0.4 is 5.69 Å². The van der Waals surface area contributed by atoms with E-state index in [4.69, 9.17) is 11.6 Å².